The Bertz CT molecular complexity index is 140. The third kappa shape index (κ3) is 12.0. The number of hydrogen-bond acceptors (Lipinski definition) is 3. The second-order valence-corrected chi connectivity index (χ2v) is 4.87. The van der Waals surface area contributed by atoms with Crippen LogP contribution in [0.3, 0.4) is 0 Å². The Kier molecular flexibility index (Phi) is 11.3. The number of rotatable bonds is 11. The van der Waals surface area contributed by atoms with Gasteiger partial charge in [0.25, 0.3) is 0 Å². The molecule has 3 heteroatoms. The molecular formula is C13H29NO2. The Morgan fingerprint density at radius 3 is 2.44 bits per heavy atom. The first-order valence-electron chi connectivity index (χ1n) is 6.58. The van der Waals surface area contributed by atoms with Gasteiger partial charge in [0.15, 0.2) is 0 Å². The fourth-order valence-corrected chi connectivity index (χ4v) is 1.62. The number of nitrogens with one attached hydrogen (secondary N) is 1. The van der Waals surface area contributed by atoms with Crippen molar-refractivity contribution in [3.8, 4) is 0 Å². The van der Waals surface area contributed by atoms with Crippen LogP contribution in [0.2, 0.25) is 0 Å². The van der Waals surface area contributed by atoms with E-state index in [-0.39, 0.29) is 6.61 Å². The maximum atomic E-state index is 8.51. The predicted octanol–water partition coefficient (Wildman–Crippen LogP) is 2.19. The topological polar surface area (TPSA) is 41.5 Å². The van der Waals surface area contributed by atoms with E-state index in [1.54, 1.807) is 0 Å². The van der Waals surface area contributed by atoms with Crippen LogP contribution in [-0.2, 0) is 4.74 Å². The lowest BCUT2D eigenvalue weighted by atomic mass is 10.0. The van der Waals surface area contributed by atoms with Crippen LogP contribution in [0.4, 0.5) is 0 Å². The van der Waals surface area contributed by atoms with Crippen LogP contribution >= 0.6 is 0 Å². The molecule has 16 heavy (non-hydrogen) atoms. The molecule has 0 aromatic carbocycles. The Balaban J connectivity index is 3.14. The molecule has 0 saturated heterocycles. The number of hydrogen-bond donors (Lipinski definition) is 2. The second kappa shape index (κ2) is 11.4. The first kappa shape index (κ1) is 15.9. The summed E-state index contributed by atoms with van der Waals surface area (Å²) in [6.07, 6.45) is 4.92. The van der Waals surface area contributed by atoms with Crippen molar-refractivity contribution in [2.24, 2.45) is 5.92 Å². The summed E-state index contributed by atoms with van der Waals surface area (Å²) in [6, 6.07) is 0.608. The van der Waals surface area contributed by atoms with Crippen molar-refractivity contribution < 1.29 is 9.84 Å². The summed E-state index contributed by atoms with van der Waals surface area (Å²) < 4.78 is 5.19. The molecule has 0 bridgehead atoms. The van der Waals surface area contributed by atoms with Crippen LogP contribution in [0.5, 0.6) is 0 Å². The molecule has 0 aliphatic carbocycles. The van der Waals surface area contributed by atoms with Crippen molar-refractivity contribution in [1.82, 2.24) is 5.32 Å². The van der Waals surface area contributed by atoms with E-state index in [0.717, 1.165) is 25.5 Å². The number of ether oxygens (including phenoxy) is 1. The average Bonchev–Trinajstić information content (AvgIpc) is 2.22. The lowest BCUT2D eigenvalue weighted by molar-refractivity contribution is 0.0904. The zero-order chi connectivity index (χ0) is 12.2. The molecule has 98 valence electrons. The molecule has 0 aromatic heterocycles. The van der Waals surface area contributed by atoms with Crippen LogP contribution in [-0.4, -0.2) is 37.5 Å². The number of aliphatic hydroxyl groups is 1. The number of aliphatic hydroxyl groups excluding tert-OH is 1. The van der Waals surface area contributed by atoms with Gasteiger partial charge in [0.2, 0.25) is 0 Å². The van der Waals surface area contributed by atoms with E-state index in [9.17, 15) is 0 Å². The van der Waals surface area contributed by atoms with Crippen molar-refractivity contribution in [2.45, 2.75) is 52.5 Å². The minimum Gasteiger partial charge on any atom is -0.394 e. The van der Waals surface area contributed by atoms with Gasteiger partial charge in [-0.25, -0.2) is 0 Å². The van der Waals surface area contributed by atoms with Gasteiger partial charge in [-0.15, -0.1) is 0 Å². The van der Waals surface area contributed by atoms with Crippen LogP contribution in [0.1, 0.15) is 46.5 Å². The van der Waals surface area contributed by atoms with Crippen LogP contribution in [0, 0.1) is 5.92 Å². The zero-order valence-electron chi connectivity index (χ0n) is 11.2. The van der Waals surface area contributed by atoms with Crippen molar-refractivity contribution in [2.75, 3.05) is 26.4 Å². The standard InChI is InChI=1S/C13H29NO2/c1-12(2)6-4-7-13(3)14-8-5-10-16-11-9-15/h12-15H,4-11H2,1-3H3. The second-order valence-electron chi connectivity index (χ2n) is 4.87. The summed E-state index contributed by atoms with van der Waals surface area (Å²) in [6.45, 7) is 9.13. The predicted molar refractivity (Wildman–Crippen MR) is 68.7 cm³/mol. The largest absolute Gasteiger partial charge is 0.394 e. The molecule has 0 heterocycles. The molecule has 2 N–H and O–H groups in total. The van der Waals surface area contributed by atoms with Gasteiger partial charge in [0.05, 0.1) is 13.2 Å². The molecule has 0 spiro atoms. The molecule has 0 aliphatic rings. The normalized spacial score (nSPS) is 13.3. The van der Waals surface area contributed by atoms with Crippen LogP contribution in [0.25, 0.3) is 0 Å². The SMILES string of the molecule is CC(C)CCCC(C)NCCCOCCO. The van der Waals surface area contributed by atoms with Gasteiger partial charge in [-0.05, 0) is 32.2 Å². The monoisotopic (exact) mass is 231 g/mol. The van der Waals surface area contributed by atoms with Gasteiger partial charge in [-0.1, -0.05) is 26.7 Å². The summed E-state index contributed by atoms with van der Waals surface area (Å²) >= 11 is 0. The van der Waals surface area contributed by atoms with Crippen molar-refractivity contribution in [1.29, 1.82) is 0 Å². The first-order valence-corrected chi connectivity index (χ1v) is 6.58. The molecule has 0 amide bonds. The summed E-state index contributed by atoms with van der Waals surface area (Å²) in [7, 11) is 0. The van der Waals surface area contributed by atoms with Crippen molar-refractivity contribution in [3.63, 3.8) is 0 Å². The molecule has 0 aromatic rings. The summed E-state index contributed by atoms with van der Waals surface area (Å²) in [5.41, 5.74) is 0. The van der Waals surface area contributed by atoms with E-state index in [4.69, 9.17) is 9.84 Å². The Morgan fingerprint density at radius 1 is 1.06 bits per heavy atom. The average molecular weight is 231 g/mol. The van der Waals surface area contributed by atoms with E-state index >= 15 is 0 Å². The molecule has 0 fully saturated rings. The Hall–Kier alpha value is -0.120. The minimum absolute atomic E-state index is 0.124. The molecular weight excluding hydrogens is 202 g/mol. The van der Waals surface area contributed by atoms with Gasteiger partial charge in [-0.3, -0.25) is 0 Å². The first-order chi connectivity index (χ1) is 7.66. The van der Waals surface area contributed by atoms with Crippen molar-refractivity contribution in [3.05, 3.63) is 0 Å². The molecule has 0 saturated carbocycles. The maximum Gasteiger partial charge on any atom is 0.0697 e. The van der Waals surface area contributed by atoms with Gasteiger partial charge < -0.3 is 15.2 Å². The molecule has 0 rings (SSSR count). The van der Waals surface area contributed by atoms with Gasteiger partial charge in [0, 0.05) is 12.6 Å². The third-order valence-corrected chi connectivity index (χ3v) is 2.61. The van der Waals surface area contributed by atoms with Crippen LogP contribution < -0.4 is 5.32 Å². The third-order valence-electron chi connectivity index (χ3n) is 2.61. The fourth-order valence-electron chi connectivity index (χ4n) is 1.62. The van der Waals surface area contributed by atoms with Crippen LogP contribution in [0.15, 0.2) is 0 Å². The highest BCUT2D eigenvalue weighted by Crippen LogP contribution is 2.07. The van der Waals surface area contributed by atoms with E-state index in [1.807, 2.05) is 0 Å². The molecule has 0 radical (unpaired) electrons. The Labute approximate surface area is 101 Å². The Morgan fingerprint density at radius 2 is 1.81 bits per heavy atom. The molecule has 1 atom stereocenters. The summed E-state index contributed by atoms with van der Waals surface area (Å²) in [4.78, 5) is 0. The van der Waals surface area contributed by atoms with E-state index in [1.165, 1.54) is 19.3 Å². The minimum atomic E-state index is 0.124. The van der Waals surface area contributed by atoms with E-state index < -0.39 is 0 Å². The highest BCUT2D eigenvalue weighted by atomic mass is 16.5. The molecule has 1 unspecified atom stereocenters. The smallest absolute Gasteiger partial charge is 0.0697 e. The lowest BCUT2D eigenvalue weighted by Crippen LogP contribution is -2.27. The highest BCUT2D eigenvalue weighted by molar-refractivity contribution is 4.61. The molecule has 0 aliphatic heterocycles. The highest BCUT2D eigenvalue weighted by Gasteiger charge is 2.01. The fraction of sp³-hybridized carbons (Fsp3) is 1.00. The van der Waals surface area contributed by atoms with Gasteiger partial charge in [-0.2, -0.15) is 0 Å². The quantitative estimate of drug-likeness (QED) is 0.536. The van der Waals surface area contributed by atoms with Gasteiger partial charge >= 0.3 is 0 Å². The van der Waals surface area contributed by atoms with E-state index in [2.05, 4.69) is 26.1 Å². The summed E-state index contributed by atoms with van der Waals surface area (Å²) in [5, 5.41) is 12.0. The van der Waals surface area contributed by atoms with Gasteiger partial charge in [0.1, 0.15) is 0 Å². The van der Waals surface area contributed by atoms with Crippen molar-refractivity contribution >= 4 is 0 Å². The summed E-state index contributed by atoms with van der Waals surface area (Å²) in [5.74, 6) is 0.819. The molecule has 3 nitrogen and oxygen atoms in total. The lowest BCUT2D eigenvalue weighted by Gasteiger charge is -2.14. The van der Waals surface area contributed by atoms with E-state index in [0.29, 0.717) is 12.6 Å². The maximum absolute atomic E-state index is 8.51. The zero-order valence-corrected chi connectivity index (χ0v) is 11.2.